The van der Waals surface area contributed by atoms with E-state index in [2.05, 4.69) is 6.07 Å². The largest absolute Gasteiger partial charge is 0.496 e. The van der Waals surface area contributed by atoms with E-state index in [0.717, 1.165) is 33.6 Å². The van der Waals surface area contributed by atoms with Crippen molar-refractivity contribution >= 4 is 7.29 Å². The Kier molecular flexibility index (Phi) is 6.18. The van der Waals surface area contributed by atoms with Gasteiger partial charge in [0.1, 0.15) is 5.75 Å². The summed E-state index contributed by atoms with van der Waals surface area (Å²) >= 11 is 0. The highest BCUT2D eigenvalue weighted by atomic mass is 31.2. The van der Waals surface area contributed by atoms with Gasteiger partial charge in [0.25, 0.3) is 0 Å². The first-order valence-corrected chi connectivity index (χ1v) is 12.0. The zero-order chi connectivity index (χ0) is 22.1. The van der Waals surface area contributed by atoms with Gasteiger partial charge in [0.15, 0.2) is 18.8 Å². The Balaban J connectivity index is 2.28. The van der Waals surface area contributed by atoms with Crippen molar-refractivity contribution in [3.63, 3.8) is 0 Å². The number of rotatable bonds is 7. The van der Waals surface area contributed by atoms with E-state index in [1.165, 1.54) is 0 Å². The van der Waals surface area contributed by atoms with Crippen LogP contribution in [0.3, 0.4) is 0 Å². The molecule has 0 spiro atoms. The molecule has 30 heavy (non-hydrogen) atoms. The minimum atomic E-state index is -2.54. The highest BCUT2D eigenvalue weighted by Gasteiger charge is 2.21. The monoisotopic (exact) mass is 429 g/mol. The molecule has 0 fully saturated rings. The van der Waals surface area contributed by atoms with Crippen molar-refractivity contribution < 1.29 is 23.5 Å². The Morgan fingerprint density at radius 1 is 0.733 bits per heavy atom. The maximum Gasteiger partial charge on any atom is 0.203 e. The van der Waals surface area contributed by atoms with E-state index in [4.69, 9.17) is 18.9 Å². The van der Waals surface area contributed by atoms with Crippen molar-refractivity contribution in [1.29, 1.82) is 0 Å². The summed E-state index contributed by atoms with van der Waals surface area (Å²) in [6, 6.07) is 9.81. The number of hydrogen-bond donors (Lipinski definition) is 0. The van der Waals surface area contributed by atoms with Crippen molar-refractivity contribution in [2.45, 2.75) is 6.92 Å². The fourth-order valence-corrected chi connectivity index (χ4v) is 4.25. The molecule has 0 bridgehead atoms. The zero-order valence-electron chi connectivity index (χ0n) is 18.5. The summed E-state index contributed by atoms with van der Waals surface area (Å²) in [6.07, 6.45) is 3.84. The molecule has 0 aliphatic heterocycles. The first kappa shape index (κ1) is 21.8. The van der Waals surface area contributed by atoms with Gasteiger partial charge in [-0.15, -0.1) is 0 Å². The second-order valence-corrected chi connectivity index (χ2v) is 10.4. The Labute approximate surface area is 177 Å². The molecule has 1 heterocycles. The number of ether oxygens (including phenoxy) is 4. The van der Waals surface area contributed by atoms with E-state index in [1.54, 1.807) is 46.1 Å². The van der Waals surface area contributed by atoms with Gasteiger partial charge in [-0.25, -0.2) is 0 Å². The fourth-order valence-electron chi connectivity index (χ4n) is 3.46. The molecule has 3 aromatic rings. The normalized spacial score (nSPS) is 11.3. The van der Waals surface area contributed by atoms with E-state index < -0.39 is 7.29 Å². The van der Waals surface area contributed by atoms with E-state index in [0.29, 0.717) is 17.2 Å². The summed E-state index contributed by atoms with van der Waals surface area (Å²) in [7, 11) is 3.87. The van der Waals surface area contributed by atoms with Crippen molar-refractivity contribution in [1.82, 2.24) is 4.34 Å². The summed E-state index contributed by atoms with van der Waals surface area (Å²) in [5.41, 5.74) is 4.78. The highest BCUT2D eigenvalue weighted by molar-refractivity contribution is 7.60. The van der Waals surface area contributed by atoms with Crippen LogP contribution in [0.25, 0.3) is 22.3 Å². The maximum atomic E-state index is 12.8. The van der Waals surface area contributed by atoms with Crippen LogP contribution in [-0.4, -0.2) is 46.1 Å². The van der Waals surface area contributed by atoms with Gasteiger partial charge in [-0.1, -0.05) is 6.07 Å². The summed E-state index contributed by atoms with van der Waals surface area (Å²) in [6.45, 7) is 5.49. The third-order valence-corrected chi connectivity index (χ3v) is 6.39. The van der Waals surface area contributed by atoms with Gasteiger partial charge in [0.05, 0.1) is 28.4 Å². The van der Waals surface area contributed by atoms with Crippen molar-refractivity contribution in [2.75, 3.05) is 41.8 Å². The average molecular weight is 429 g/mol. The van der Waals surface area contributed by atoms with Crippen LogP contribution in [0.2, 0.25) is 0 Å². The minimum Gasteiger partial charge on any atom is -0.496 e. The molecule has 0 aliphatic carbocycles. The van der Waals surface area contributed by atoms with Crippen LogP contribution >= 0.6 is 7.29 Å². The molecule has 0 radical (unpaired) electrons. The molecular formula is C23H28NO5P. The number of aryl methyl sites for hydroxylation is 1. The summed E-state index contributed by atoms with van der Waals surface area (Å²) in [5, 5.41) is 0. The highest BCUT2D eigenvalue weighted by Crippen LogP contribution is 2.47. The SMILES string of the molecule is COc1ccc(-c2cn(P(C)(C)=O)cc2-c2cc(OC)c(OC)c(OC)c2)cc1C. The van der Waals surface area contributed by atoms with Crippen molar-refractivity contribution in [2.24, 2.45) is 0 Å². The Hall–Kier alpha value is -2.85. The zero-order valence-corrected chi connectivity index (χ0v) is 19.4. The lowest BCUT2D eigenvalue weighted by Crippen LogP contribution is -1.96. The Bertz CT molecular complexity index is 1090. The predicted octanol–water partition coefficient (Wildman–Crippen LogP) is 5.55. The molecule has 3 rings (SSSR count). The Morgan fingerprint density at radius 2 is 1.27 bits per heavy atom. The van der Waals surface area contributed by atoms with Crippen molar-refractivity contribution in [3.8, 4) is 45.3 Å². The van der Waals surface area contributed by atoms with Crippen LogP contribution in [0.5, 0.6) is 23.0 Å². The Morgan fingerprint density at radius 3 is 1.70 bits per heavy atom. The third kappa shape index (κ3) is 4.05. The predicted molar refractivity (Wildman–Crippen MR) is 121 cm³/mol. The van der Waals surface area contributed by atoms with Crippen LogP contribution in [0.1, 0.15) is 5.56 Å². The van der Waals surface area contributed by atoms with Crippen LogP contribution in [0.15, 0.2) is 42.7 Å². The second-order valence-electron chi connectivity index (χ2n) is 7.36. The molecule has 1 aromatic heterocycles. The van der Waals surface area contributed by atoms with Gasteiger partial charge in [0.2, 0.25) is 5.75 Å². The standard InChI is InChI=1S/C23H28NO5P/c1-15-10-16(8-9-20(15)26-2)18-13-24(30(6,7)25)14-19(18)17-11-21(27-3)23(29-5)22(12-17)28-4/h8-14H,1-7H3. The lowest BCUT2D eigenvalue weighted by Gasteiger charge is -2.15. The molecular weight excluding hydrogens is 401 g/mol. The molecule has 0 saturated heterocycles. The first-order valence-electron chi connectivity index (χ1n) is 9.46. The van der Waals surface area contributed by atoms with Gasteiger partial charge in [-0.3, -0.25) is 0 Å². The lowest BCUT2D eigenvalue weighted by atomic mass is 9.97. The molecule has 6 nitrogen and oxygen atoms in total. The number of benzene rings is 2. The molecule has 2 aromatic carbocycles. The molecule has 0 aliphatic rings. The second kappa shape index (κ2) is 8.49. The van der Waals surface area contributed by atoms with Crippen LogP contribution < -0.4 is 18.9 Å². The van der Waals surface area contributed by atoms with Gasteiger partial charge in [-0.2, -0.15) is 0 Å². The molecule has 0 N–H and O–H groups in total. The maximum absolute atomic E-state index is 12.8. The van der Waals surface area contributed by atoms with E-state index in [-0.39, 0.29) is 0 Å². The van der Waals surface area contributed by atoms with E-state index >= 15 is 0 Å². The number of aromatic nitrogens is 1. The van der Waals surface area contributed by atoms with Gasteiger partial charge in [0, 0.05) is 36.9 Å². The fraction of sp³-hybridized carbons (Fsp3) is 0.304. The van der Waals surface area contributed by atoms with Crippen LogP contribution in [-0.2, 0) is 4.57 Å². The smallest absolute Gasteiger partial charge is 0.203 e. The molecule has 0 saturated carbocycles. The topological polar surface area (TPSA) is 58.9 Å². The van der Waals surface area contributed by atoms with Gasteiger partial charge >= 0.3 is 0 Å². The quantitative estimate of drug-likeness (QED) is 0.461. The molecule has 7 heteroatoms. The number of hydrogen-bond acceptors (Lipinski definition) is 5. The molecule has 160 valence electrons. The van der Waals surface area contributed by atoms with Crippen LogP contribution in [0.4, 0.5) is 0 Å². The minimum absolute atomic E-state index is 0.529. The van der Waals surface area contributed by atoms with Crippen molar-refractivity contribution in [3.05, 3.63) is 48.3 Å². The average Bonchev–Trinajstić information content (AvgIpc) is 3.18. The van der Waals surface area contributed by atoms with Crippen LogP contribution in [0, 0.1) is 6.92 Å². The summed E-state index contributed by atoms with van der Waals surface area (Å²) in [4.78, 5) is 0. The lowest BCUT2D eigenvalue weighted by molar-refractivity contribution is 0.324. The third-order valence-electron chi connectivity index (χ3n) is 5.05. The number of nitrogens with zero attached hydrogens (tertiary/aromatic N) is 1. The van der Waals surface area contributed by atoms with E-state index in [1.807, 2.05) is 43.6 Å². The first-order chi connectivity index (χ1) is 14.2. The molecule has 0 unspecified atom stereocenters. The number of methoxy groups -OCH3 is 4. The molecule has 0 atom stereocenters. The van der Waals surface area contributed by atoms with Gasteiger partial charge in [-0.05, 0) is 47.9 Å². The summed E-state index contributed by atoms with van der Waals surface area (Å²) < 4.78 is 36.5. The summed E-state index contributed by atoms with van der Waals surface area (Å²) in [5.74, 6) is 2.48. The van der Waals surface area contributed by atoms with Gasteiger partial charge < -0.3 is 27.9 Å². The molecule has 0 amide bonds. The van der Waals surface area contributed by atoms with E-state index in [9.17, 15) is 4.57 Å².